The molecule has 1 N–H and O–H groups in total. The van der Waals surface area contributed by atoms with Gasteiger partial charge < -0.3 is 5.32 Å². The van der Waals surface area contributed by atoms with Crippen LogP contribution in [0.2, 0.25) is 0 Å². The maximum absolute atomic E-state index is 3.42. The first-order chi connectivity index (χ1) is 6.27. The van der Waals surface area contributed by atoms with Gasteiger partial charge in [0.05, 0.1) is 0 Å². The molecule has 0 aliphatic heterocycles. The Morgan fingerprint density at radius 3 is 2.54 bits per heavy atom. The van der Waals surface area contributed by atoms with Crippen LogP contribution in [0.5, 0.6) is 0 Å². The SMILES string of the molecule is CCCNCCCSCCC(C)C. The van der Waals surface area contributed by atoms with Crippen molar-refractivity contribution in [3.8, 4) is 0 Å². The van der Waals surface area contributed by atoms with E-state index in [0.717, 1.165) is 5.92 Å². The second kappa shape index (κ2) is 10.4. The van der Waals surface area contributed by atoms with Crippen molar-refractivity contribution in [2.45, 2.75) is 40.0 Å². The van der Waals surface area contributed by atoms with Crippen LogP contribution in [0.3, 0.4) is 0 Å². The largest absolute Gasteiger partial charge is 0.317 e. The highest BCUT2D eigenvalue weighted by Gasteiger charge is 1.94. The van der Waals surface area contributed by atoms with Crippen LogP contribution < -0.4 is 5.32 Å². The minimum atomic E-state index is 0.866. The molecular weight excluding hydrogens is 178 g/mol. The zero-order valence-corrected chi connectivity index (χ0v) is 10.3. The monoisotopic (exact) mass is 203 g/mol. The number of nitrogens with one attached hydrogen (secondary N) is 1. The van der Waals surface area contributed by atoms with E-state index in [4.69, 9.17) is 0 Å². The second-order valence-electron chi connectivity index (χ2n) is 3.90. The lowest BCUT2D eigenvalue weighted by molar-refractivity contribution is 0.631. The lowest BCUT2D eigenvalue weighted by atomic mass is 10.2. The normalized spacial score (nSPS) is 11.1. The van der Waals surface area contributed by atoms with Crippen LogP contribution >= 0.6 is 11.8 Å². The van der Waals surface area contributed by atoms with Crippen LogP contribution in [-0.4, -0.2) is 24.6 Å². The molecule has 0 radical (unpaired) electrons. The number of hydrogen-bond donors (Lipinski definition) is 1. The van der Waals surface area contributed by atoms with Crippen molar-refractivity contribution < 1.29 is 0 Å². The van der Waals surface area contributed by atoms with Gasteiger partial charge in [-0.25, -0.2) is 0 Å². The van der Waals surface area contributed by atoms with E-state index >= 15 is 0 Å². The van der Waals surface area contributed by atoms with Gasteiger partial charge in [0.15, 0.2) is 0 Å². The third kappa shape index (κ3) is 12.3. The highest BCUT2D eigenvalue weighted by molar-refractivity contribution is 7.99. The van der Waals surface area contributed by atoms with Gasteiger partial charge in [0.25, 0.3) is 0 Å². The Bertz CT molecular complexity index is 94.1. The van der Waals surface area contributed by atoms with E-state index in [2.05, 4.69) is 37.8 Å². The topological polar surface area (TPSA) is 12.0 Å². The molecule has 13 heavy (non-hydrogen) atoms. The third-order valence-electron chi connectivity index (χ3n) is 1.91. The molecular formula is C11H25NS. The number of thioether (sulfide) groups is 1. The van der Waals surface area contributed by atoms with Crippen LogP contribution in [0, 0.1) is 5.92 Å². The van der Waals surface area contributed by atoms with Crippen molar-refractivity contribution in [3.05, 3.63) is 0 Å². The molecule has 0 spiro atoms. The Kier molecular flexibility index (Phi) is 10.6. The van der Waals surface area contributed by atoms with E-state index < -0.39 is 0 Å². The smallest absolute Gasteiger partial charge is 0.00411 e. The molecule has 0 heterocycles. The van der Waals surface area contributed by atoms with Gasteiger partial charge in [-0.2, -0.15) is 11.8 Å². The first-order valence-electron chi connectivity index (χ1n) is 5.55. The van der Waals surface area contributed by atoms with Crippen LogP contribution in [0.1, 0.15) is 40.0 Å². The molecule has 0 amide bonds. The molecule has 0 aromatic carbocycles. The molecule has 2 heteroatoms. The second-order valence-corrected chi connectivity index (χ2v) is 5.12. The molecule has 0 aliphatic carbocycles. The standard InChI is InChI=1S/C11H25NS/c1-4-7-12-8-5-9-13-10-6-11(2)3/h11-12H,4-10H2,1-3H3. The Morgan fingerprint density at radius 2 is 1.92 bits per heavy atom. The minimum absolute atomic E-state index is 0.866. The summed E-state index contributed by atoms with van der Waals surface area (Å²) in [7, 11) is 0. The van der Waals surface area contributed by atoms with Crippen molar-refractivity contribution in [2.24, 2.45) is 5.92 Å². The maximum Gasteiger partial charge on any atom is -0.00411 e. The Labute approximate surface area is 88.1 Å². The van der Waals surface area contributed by atoms with Crippen molar-refractivity contribution in [1.29, 1.82) is 0 Å². The Balaban J connectivity index is 2.84. The summed E-state index contributed by atoms with van der Waals surface area (Å²) < 4.78 is 0. The van der Waals surface area contributed by atoms with Gasteiger partial charge >= 0.3 is 0 Å². The lowest BCUT2D eigenvalue weighted by Gasteiger charge is -2.04. The van der Waals surface area contributed by atoms with Gasteiger partial charge in [0.2, 0.25) is 0 Å². The van der Waals surface area contributed by atoms with E-state index in [9.17, 15) is 0 Å². The van der Waals surface area contributed by atoms with E-state index in [1.54, 1.807) is 0 Å². The summed E-state index contributed by atoms with van der Waals surface area (Å²) in [4.78, 5) is 0. The summed E-state index contributed by atoms with van der Waals surface area (Å²) in [6.45, 7) is 9.18. The Hall–Kier alpha value is 0.310. The van der Waals surface area contributed by atoms with Crippen molar-refractivity contribution >= 4 is 11.8 Å². The van der Waals surface area contributed by atoms with Gasteiger partial charge in [-0.1, -0.05) is 20.8 Å². The molecule has 80 valence electrons. The predicted octanol–water partition coefficient (Wildman–Crippen LogP) is 3.16. The van der Waals surface area contributed by atoms with E-state index in [-0.39, 0.29) is 0 Å². The van der Waals surface area contributed by atoms with Crippen molar-refractivity contribution in [1.82, 2.24) is 5.32 Å². The molecule has 0 fully saturated rings. The fourth-order valence-corrected chi connectivity index (χ4v) is 2.21. The molecule has 0 rings (SSSR count). The van der Waals surface area contributed by atoms with Gasteiger partial charge in [-0.05, 0) is 49.8 Å². The average Bonchev–Trinajstić information content (AvgIpc) is 2.09. The molecule has 0 aromatic heterocycles. The highest BCUT2D eigenvalue weighted by atomic mass is 32.2. The van der Waals surface area contributed by atoms with Gasteiger partial charge in [0, 0.05) is 0 Å². The van der Waals surface area contributed by atoms with Crippen molar-refractivity contribution in [2.75, 3.05) is 24.6 Å². The first-order valence-corrected chi connectivity index (χ1v) is 6.71. The van der Waals surface area contributed by atoms with Crippen molar-refractivity contribution in [3.63, 3.8) is 0 Å². The zero-order chi connectivity index (χ0) is 9.94. The summed E-state index contributed by atoms with van der Waals surface area (Å²) in [6.07, 6.45) is 3.94. The molecule has 0 aliphatic rings. The van der Waals surface area contributed by atoms with Gasteiger partial charge in [-0.15, -0.1) is 0 Å². The summed E-state index contributed by atoms with van der Waals surface area (Å²) in [5.41, 5.74) is 0. The molecule has 0 unspecified atom stereocenters. The quantitative estimate of drug-likeness (QED) is 0.578. The first kappa shape index (κ1) is 13.3. The van der Waals surface area contributed by atoms with E-state index in [0.29, 0.717) is 0 Å². The molecule has 0 saturated heterocycles. The summed E-state index contributed by atoms with van der Waals surface area (Å²) in [6, 6.07) is 0. The zero-order valence-electron chi connectivity index (χ0n) is 9.44. The van der Waals surface area contributed by atoms with E-state index in [1.165, 1.54) is 43.9 Å². The number of rotatable bonds is 9. The third-order valence-corrected chi connectivity index (χ3v) is 3.01. The lowest BCUT2D eigenvalue weighted by Crippen LogP contribution is -2.16. The summed E-state index contributed by atoms with van der Waals surface area (Å²) in [5.74, 6) is 3.53. The molecule has 1 nitrogen and oxygen atoms in total. The van der Waals surface area contributed by atoms with Crippen LogP contribution in [0.15, 0.2) is 0 Å². The highest BCUT2D eigenvalue weighted by Crippen LogP contribution is 2.09. The number of hydrogen-bond acceptors (Lipinski definition) is 2. The van der Waals surface area contributed by atoms with Crippen LogP contribution in [0.25, 0.3) is 0 Å². The van der Waals surface area contributed by atoms with Gasteiger partial charge in [0.1, 0.15) is 0 Å². The summed E-state index contributed by atoms with van der Waals surface area (Å²) in [5, 5.41) is 3.42. The fourth-order valence-electron chi connectivity index (χ4n) is 1.02. The maximum atomic E-state index is 3.42. The molecule has 0 atom stereocenters. The molecule has 0 saturated carbocycles. The van der Waals surface area contributed by atoms with Crippen LogP contribution in [0.4, 0.5) is 0 Å². The summed E-state index contributed by atoms with van der Waals surface area (Å²) >= 11 is 2.10. The minimum Gasteiger partial charge on any atom is -0.317 e. The molecule has 0 bridgehead atoms. The molecule has 0 aromatic rings. The fraction of sp³-hybridized carbons (Fsp3) is 1.00. The Morgan fingerprint density at radius 1 is 1.15 bits per heavy atom. The van der Waals surface area contributed by atoms with Gasteiger partial charge in [-0.3, -0.25) is 0 Å². The van der Waals surface area contributed by atoms with E-state index in [1.807, 2.05) is 0 Å². The predicted molar refractivity (Wildman–Crippen MR) is 64.6 cm³/mol. The average molecular weight is 203 g/mol. The van der Waals surface area contributed by atoms with Crippen LogP contribution in [-0.2, 0) is 0 Å².